The van der Waals surface area contributed by atoms with Gasteiger partial charge in [0.25, 0.3) is 0 Å². The average Bonchev–Trinajstić information content (AvgIpc) is 3.31. The molecule has 5 rings (SSSR count). The number of amides is 1. The molecule has 5 nitrogen and oxygen atoms in total. The third-order valence-corrected chi connectivity index (χ3v) is 6.72. The number of hydrogen-bond acceptors (Lipinski definition) is 4. The molecule has 0 bridgehead atoms. The Balaban J connectivity index is 1.66. The zero-order chi connectivity index (χ0) is 28.6. The maximum atomic E-state index is 14.5. The van der Waals surface area contributed by atoms with Crippen LogP contribution in [0.5, 0.6) is 5.75 Å². The molecule has 0 N–H and O–H groups in total. The summed E-state index contributed by atoms with van der Waals surface area (Å²) < 4.78 is 80.2. The number of carbonyl (C=O) groups excluding carboxylic acids is 2. The van der Waals surface area contributed by atoms with Crippen molar-refractivity contribution in [3.63, 3.8) is 0 Å². The van der Waals surface area contributed by atoms with Crippen LogP contribution in [0.25, 0.3) is 11.1 Å². The lowest BCUT2D eigenvalue weighted by molar-refractivity contribution is -0.141. The molecule has 0 radical (unpaired) electrons. The maximum Gasteiger partial charge on any atom is 0.411 e. The molecule has 0 saturated heterocycles. The standard InChI is InChI=1S/C30H20F5NO4/c1-39-30(38)36(27-19-13-7-5-11-17(19)18-12-6-8-14-20(18)27)21(15-16-9-3-2-4-10-16)29(37)40-28-25(34)23(32)22(31)24(33)26(28)35/h2-14,21,27H,15H2,1H3/t21-/m0/s1. The van der Waals surface area contributed by atoms with E-state index in [1.54, 1.807) is 66.7 Å². The summed E-state index contributed by atoms with van der Waals surface area (Å²) in [5.74, 6) is -14.8. The van der Waals surface area contributed by atoms with E-state index in [2.05, 4.69) is 0 Å². The first kappa shape index (κ1) is 26.9. The van der Waals surface area contributed by atoms with Crippen molar-refractivity contribution in [3.8, 4) is 16.9 Å². The Hall–Kier alpha value is -4.73. The van der Waals surface area contributed by atoms with Gasteiger partial charge in [-0.1, -0.05) is 78.9 Å². The molecule has 0 fully saturated rings. The van der Waals surface area contributed by atoms with Crippen molar-refractivity contribution in [3.05, 3.63) is 125 Å². The summed E-state index contributed by atoms with van der Waals surface area (Å²) in [6.07, 6.45) is -1.21. The molecule has 204 valence electrons. The second-order valence-electron chi connectivity index (χ2n) is 8.98. The molecular formula is C30H20F5NO4. The Labute approximate surface area is 225 Å². The predicted octanol–water partition coefficient (Wildman–Crippen LogP) is 6.74. The highest BCUT2D eigenvalue weighted by Crippen LogP contribution is 2.47. The van der Waals surface area contributed by atoms with Gasteiger partial charge in [-0.25, -0.2) is 22.8 Å². The Morgan fingerprint density at radius 3 is 1.73 bits per heavy atom. The molecule has 10 heteroatoms. The molecule has 0 heterocycles. The van der Waals surface area contributed by atoms with E-state index in [0.717, 1.165) is 23.1 Å². The molecule has 0 saturated carbocycles. The molecule has 0 aromatic heterocycles. The summed E-state index contributed by atoms with van der Waals surface area (Å²) in [5, 5.41) is 0. The number of ether oxygens (including phenoxy) is 2. The minimum atomic E-state index is -2.40. The van der Waals surface area contributed by atoms with Crippen LogP contribution in [0.4, 0.5) is 26.7 Å². The molecular weight excluding hydrogens is 533 g/mol. The van der Waals surface area contributed by atoms with Crippen molar-refractivity contribution in [2.75, 3.05) is 7.11 Å². The van der Waals surface area contributed by atoms with Crippen LogP contribution in [0.1, 0.15) is 22.7 Å². The molecule has 0 spiro atoms. The van der Waals surface area contributed by atoms with Crippen LogP contribution in [0.15, 0.2) is 78.9 Å². The van der Waals surface area contributed by atoms with Gasteiger partial charge in [-0.05, 0) is 27.8 Å². The van der Waals surface area contributed by atoms with Gasteiger partial charge in [-0.3, -0.25) is 4.90 Å². The minimum absolute atomic E-state index is 0.231. The number of fused-ring (bicyclic) bond motifs is 3. The Morgan fingerprint density at radius 2 is 1.20 bits per heavy atom. The Bertz CT molecular complexity index is 1540. The lowest BCUT2D eigenvalue weighted by Crippen LogP contribution is -2.50. The third kappa shape index (κ3) is 4.55. The lowest BCUT2D eigenvalue weighted by Gasteiger charge is -2.35. The molecule has 1 amide bonds. The van der Waals surface area contributed by atoms with Crippen LogP contribution < -0.4 is 4.74 Å². The number of methoxy groups -OCH3 is 1. The van der Waals surface area contributed by atoms with E-state index in [0.29, 0.717) is 16.7 Å². The monoisotopic (exact) mass is 553 g/mol. The van der Waals surface area contributed by atoms with Crippen LogP contribution in [0.3, 0.4) is 0 Å². The van der Waals surface area contributed by atoms with Crippen molar-refractivity contribution < 1.29 is 41.0 Å². The fourth-order valence-corrected chi connectivity index (χ4v) is 4.92. The molecule has 4 aromatic carbocycles. The topological polar surface area (TPSA) is 55.8 Å². The summed E-state index contributed by atoms with van der Waals surface area (Å²) >= 11 is 0. The summed E-state index contributed by atoms with van der Waals surface area (Å²) in [5.41, 5.74) is 3.36. The molecule has 4 aromatic rings. The van der Waals surface area contributed by atoms with Gasteiger partial charge in [0, 0.05) is 6.42 Å². The zero-order valence-corrected chi connectivity index (χ0v) is 20.8. The van der Waals surface area contributed by atoms with Crippen LogP contribution in [0.2, 0.25) is 0 Å². The largest absolute Gasteiger partial charge is 0.453 e. The molecule has 0 aliphatic heterocycles. The van der Waals surface area contributed by atoms with Gasteiger partial charge in [0.1, 0.15) is 6.04 Å². The summed E-state index contributed by atoms with van der Waals surface area (Å²) in [4.78, 5) is 28.1. The number of benzene rings is 4. The van der Waals surface area contributed by atoms with Crippen molar-refractivity contribution in [2.24, 2.45) is 0 Å². The lowest BCUT2D eigenvalue weighted by atomic mass is 9.98. The first-order valence-corrected chi connectivity index (χ1v) is 12.1. The number of hydrogen-bond donors (Lipinski definition) is 0. The smallest absolute Gasteiger partial charge is 0.411 e. The highest BCUT2D eigenvalue weighted by atomic mass is 19.2. The van der Waals surface area contributed by atoms with Gasteiger partial charge in [0.15, 0.2) is 0 Å². The number of nitrogens with zero attached hydrogens (tertiary/aromatic N) is 1. The first-order valence-electron chi connectivity index (χ1n) is 12.1. The molecule has 0 unspecified atom stereocenters. The first-order chi connectivity index (χ1) is 19.2. The maximum absolute atomic E-state index is 14.5. The van der Waals surface area contributed by atoms with Gasteiger partial charge in [-0.2, -0.15) is 8.78 Å². The Kier molecular flexibility index (Phi) is 7.25. The van der Waals surface area contributed by atoms with Gasteiger partial charge >= 0.3 is 12.1 Å². The second kappa shape index (κ2) is 10.8. The number of esters is 1. The molecule has 1 atom stereocenters. The third-order valence-electron chi connectivity index (χ3n) is 6.72. The highest BCUT2D eigenvalue weighted by Gasteiger charge is 2.43. The van der Waals surface area contributed by atoms with Crippen LogP contribution in [0, 0.1) is 29.1 Å². The van der Waals surface area contributed by atoms with Gasteiger partial charge < -0.3 is 9.47 Å². The highest BCUT2D eigenvalue weighted by molar-refractivity contribution is 5.87. The van der Waals surface area contributed by atoms with Crippen molar-refractivity contribution in [1.29, 1.82) is 0 Å². The number of carbonyl (C=O) groups is 2. The van der Waals surface area contributed by atoms with Crippen LogP contribution in [-0.2, 0) is 16.0 Å². The molecule has 40 heavy (non-hydrogen) atoms. The Morgan fingerprint density at radius 1 is 0.725 bits per heavy atom. The SMILES string of the molecule is COC(=O)N(C1c2ccccc2-c2ccccc21)[C@@H](Cc1ccccc1)C(=O)Oc1c(F)c(F)c(F)c(F)c1F. The van der Waals surface area contributed by atoms with Crippen LogP contribution in [-0.4, -0.2) is 30.1 Å². The van der Waals surface area contributed by atoms with Crippen molar-refractivity contribution in [1.82, 2.24) is 4.90 Å². The summed E-state index contributed by atoms with van der Waals surface area (Å²) in [6, 6.07) is 20.1. The van der Waals surface area contributed by atoms with Gasteiger partial charge in [0.2, 0.25) is 34.8 Å². The van der Waals surface area contributed by atoms with E-state index in [1.807, 2.05) is 12.1 Å². The summed E-state index contributed by atoms with van der Waals surface area (Å²) in [6.45, 7) is 0. The molecule has 1 aliphatic carbocycles. The van der Waals surface area contributed by atoms with Crippen molar-refractivity contribution in [2.45, 2.75) is 18.5 Å². The van der Waals surface area contributed by atoms with Crippen LogP contribution >= 0.6 is 0 Å². The van der Waals surface area contributed by atoms with E-state index < -0.39 is 59.0 Å². The zero-order valence-electron chi connectivity index (χ0n) is 20.8. The number of halogens is 5. The van der Waals surface area contributed by atoms with Crippen molar-refractivity contribution >= 4 is 12.1 Å². The molecule has 1 aliphatic rings. The van der Waals surface area contributed by atoms with E-state index in [9.17, 15) is 31.5 Å². The average molecular weight is 553 g/mol. The van der Waals surface area contributed by atoms with Gasteiger partial charge in [0.05, 0.1) is 13.2 Å². The predicted molar refractivity (Wildman–Crippen MR) is 134 cm³/mol. The van der Waals surface area contributed by atoms with E-state index >= 15 is 0 Å². The second-order valence-corrected chi connectivity index (χ2v) is 8.98. The summed E-state index contributed by atoms with van der Waals surface area (Å²) in [7, 11) is 1.09. The fourth-order valence-electron chi connectivity index (χ4n) is 4.92. The van der Waals surface area contributed by atoms with E-state index in [4.69, 9.17) is 9.47 Å². The fraction of sp³-hybridized carbons (Fsp3) is 0.133. The van der Waals surface area contributed by atoms with Gasteiger partial charge in [-0.15, -0.1) is 0 Å². The number of rotatable bonds is 6. The normalized spacial score (nSPS) is 12.8. The minimum Gasteiger partial charge on any atom is -0.453 e. The van der Waals surface area contributed by atoms with E-state index in [1.165, 1.54) is 0 Å². The van der Waals surface area contributed by atoms with E-state index in [-0.39, 0.29) is 6.42 Å². The quantitative estimate of drug-likeness (QED) is 0.0873.